The van der Waals surface area contributed by atoms with Gasteiger partial charge in [-0.1, -0.05) is 19.3 Å². The molecule has 27 heavy (non-hydrogen) atoms. The third kappa shape index (κ3) is 4.50. The first kappa shape index (κ1) is 19.8. The standard InChI is InChI=1S/C21H31N3O3/c1-24(18-5-3-2-4-6-18)19(25)16-7-9-17(10-8-16)23-20(26)21(15-22)11-13-27-14-12-21/h7-10,18H,2-6,11-15,22H2,1H3,(H,23,26). The van der Waals surface area contributed by atoms with Crippen molar-refractivity contribution >= 4 is 17.5 Å². The maximum absolute atomic E-state index is 12.7. The fourth-order valence-electron chi connectivity index (χ4n) is 4.08. The Hall–Kier alpha value is -1.92. The predicted octanol–water partition coefficient (Wildman–Crippen LogP) is 2.79. The van der Waals surface area contributed by atoms with E-state index in [0.717, 1.165) is 12.8 Å². The third-order valence-electron chi connectivity index (χ3n) is 6.15. The number of nitrogens with one attached hydrogen (secondary N) is 1. The van der Waals surface area contributed by atoms with Gasteiger partial charge in [0.1, 0.15) is 0 Å². The fraction of sp³-hybridized carbons (Fsp3) is 0.619. The van der Waals surface area contributed by atoms with Gasteiger partial charge in [-0.05, 0) is 49.9 Å². The maximum atomic E-state index is 12.7. The predicted molar refractivity (Wildman–Crippen MR) is 106 cm³/mol. The zero-order valence-electron chi connectivity index (χ0n) is 16.2. The summed E-state index contributed by atoms with van der Waals surface area (Å²) < 4.78 is 5.36. The number of ether oxygens (including phenoxy) is 1. The number of nitrogens with two attached hydrogens (primary N) is 1. The first-order valence-electron chi connectivity index (χ1n) is 10.0. The second-order valence-electron chi connectivity index (χ2n) is 7.84. The highest BCUT2D eigenvalue weighted by molar-refractivity contribution is 5.97. The number of rotatable bonds is 5. The van der Waals surface area contributed by atoms with Crippen LogP contribution in [0.2, 0.25) is 0 Å². The average molecular weight is 373 g/mol. The molecule has 2 fully saturated rings. The van der Waals surface area contributed by atoms with Gasteiger partial charge in [0.2, 0.25) is 5.91 Å². The minimum Gasteiger partial charge on any atom is -0.381 e. The molecule has 0 spiro atoms. The largest absolute Gasteiger partial charge is 0.381 e. The van der Waals surface area contributed by atoms with Crippen LogP contribution in [0.1, 0.15) is 55.3 Å². The molecular formula is C21H31N3O3. The van der Waals surface area contributed by atoms with Crippen LogP contribution in [0.25, 0.3) is 0 Å². The SMILES string of the molecule is CN(C(=O)c1ccc(NC(=O)C2(CN)CCOCC2)cc1)C1CCCCC1. The summed E-state index contributed by atoms with van der Waals surface area (Å²) in [5.74, 6) is -0.0191. The molecule has 1 aromatic rings. The van der Waals surface area contributed by atoms with Gasteiger partial charge in [0.25, 0.3) is 5.91 Å². The van der Waals surface area contributed by atoms with E-state index in [1.807, 2.05) is 11.9 Å². The van der Waals surface area contributed by atoms with Gasteiger partial charge in [0.05, 0.1) is 5.41 Å². The highest BCUT2D eigenvalue weighted by Gasteiger charge is 2.38. The molecule has 1 heterocycles. The van der Waals surface area contributed by atoms with Crippen molar-refractivity contribution in [2.24, 2.45) is 11.1 Å². The van der Waals surface area contributed by atoms with E-state index >= 15 is 0 Å². The number of nitrogens with zero attached hydrogens (tertiary/aromatic N) is 1. The smallest absolute Gasteiger partial charge is 0.253 e. The van der Waals surface area contributed by atoms with Crippen LogP contribution in [-0.4, -0.2) is 49.6 Å². The van der Waals surface area contributed by atoms with Gasteiger partial charge in [-0.25, -0.2) is 0 Å². The fourth-order valence-corrected chi connectivity index (χ4v) is 4.08. The zero-order valence-corrected chi connectivity index (χ0v) is 16.2. The van der Waals surface area contributed by atoms with Crippen molar-refractivity contribution in [2.45, 2.75) is 51.0 Å². The van der Waals surface area contributed by atoms with Crippen LogP contribution in [0, 0.1) is 5.41 Å². The van der Waals surface area contributed by atoms with Gasteiger partial charge in [-0.3, -0.25) is 9.59 Å². The monoisotopic (exact) mass is 373 g/mol. The summed E-state index contributed by atoms with van der Waals surface area (Å²) >= 11 is 0. The van der Waals surface area contributed by atoms with E-state index in [9.17, 15) is 9.59 Å². The van der Waals surface area contributed by atoms with Crippen molar-refractivity contribution < 1.29 is 14.3 Å². The molecule has 6 heteroatoms. The lowest BCUT2D eigenvalue weighted by atomic mass is 9.79. The van der Waals surface area contributed by atoms with Crippen molar-refractivity contribution in [3.63, 3.8) is 0 Å². The molecule has 0 bridgehead atoms. The quantitative estimate of drug-likeness (QED) is 0.831. The average Bonchev–Trinajstić information content (AvgIpc) is 2.74. The Labute approximate surface area is 161 Å². The van der Waals surface area contributed by atoms with Gasteiger partial charge < -0.3 is 20.7 Å². The highest BCUT2D eigenvalue weighted by atomic mass is 16.5. The Balaban J connectivity index is 1.62. The summed E-state index contributed by atoms with van der Waals surface area (Å²) in [6.45, 7) is 1.43. The summed E-state index contributed by atoms with van der Waals surface area (Å²) in [5.41, 5.74) is 6.68. The Morgan fingerprint density at radius 3 is 2.37 bits per heavy atom. The lowest BCUT2D eigenvalue weighted by Crippen LogP contribution is -2.46. The molecule has 1 aliphatic carbocycles. The van der Waals surface area contributed by atoms with Crippen LogP contribution in [-0.2, 0) is 9.53 Å². The van der Waals surface area contributed by atoms with Crippen LogP contribution in [0.5, 0.6) is 0 Å². The maximum Gasteiger partial charge on any atom is 0.253 e. The van der Waals surface area contributed by atoms with E-state index in [0.29, 0.717) is 49.9 Å². The lowest BCUT2D eigenvalue weighted by molar-refractivity contribution is -0.130. The van der Waals surface area contributed by atoms with Gasteiger partial charge >= 0.3 is 0 Å². The Morgan fingerprint density at radius 2 is 1.78 bits per heavy atom. The molecule has 1 saturated carbocycles. The Bertz CT molecular complexity index is 647. The van der Waals surface area contributed by atoms with E-state index in [2.05, 4.69) is 5.32 Å². The lowest BCUT2D eigenvalue weighted by Gasteiger charge is -2.34. The van der Waals surface area contributed by atoms with E-state index < -0.39 is 5.41 Å². The molecule has 0 aromatic heterocycles. The normalized spacial score (nSPS) is 20.1. The molecule has 2 amide bonds. The van der Waals surface area contributed by atoms with Gasteiger partial charge in [0.15, 0.2) is 0 Å². The second kappa shape index (κ2) is 8.85. The summed E-state index contributed by atoms with van der Waals surface area (Å²) in [6.07, 6.45) is 7.10. The number of hydrogen-bond acceptors (Lipinski definition) is 4. The number of anilines is 1. The number of carbonyl (C=O) groups is 2. The second-order valence-corrected chi connectivity index (χ2v) is 7.84. The van der Waals surface area contributed by atoms with Crippen LogP contribution in [0.15, 0.2) is 24.3 Å². The van der Waals surface area contributed by atoms with E-state index in [-0.39, 0.29) is 11.8 Å². The Morgan fingerprint density at radius 1 is 1.15 bits per heavy atom. The molecule has 1 saturated heterocycles. The molecule has 0 unspecified atom stereocenters. The van der Waals surface area contributed by atoms with E-state index in [1.54, 1.807) is 24.3 Å². The van der Waals surface area contributed by atoms with Crippen LogP contribution in [0.3, 0.4) is 0 Å². The highest BCUT2D eigenvalue weighted by Crippen LogP contribution is 2.31. The molecule has 1 aliphatic heterocycles. The van der Waals surface area contributed by atoms with E-state index in [4.69, 9.17) is 10.5 Å². The minimum absolute atomic E-state index is 0.0441. The number of hydrogen-bond donors (Lipinski definition) is 2. The van der Waals surface area contributed by atoms with Crippen LogP contribution in [0.4, 0.5) is 5.69 Å². The molecule has 1 aromatic carbocycles. The van der Waals surface area contributed by atoms with Crippen molar-refractivity contribution in [3.05, 3.63) is 29.8 Å². The number of amides is 2. The van der Waals surface area contributed by atoms with E-state index in [1.165, 1.54) is 19.3 Å². The Kier molecular flexibility index (Phi) is 6.50. The summed E-state index contributed by atoms with van der Waals surface area (Å²) in [6, 6.07) is 7.50. The van der Waals surface area contributed by atoms with Crippen molar-refractivity contribution in [3.8, 4) is 0 Å². The molecule has 2 aliphatic rings. The minimum atomic E-state index is -0.562. The third-order valence-corrected chi connectivity index (χ3v) is 6.15. The molecule has 0 atom stereocenters. The summed E-state index contributed by atoms with van der Waals surface area (Å²) in [5, 5.41) is 2.96. The van der Waals surface area contributed by atoms with Gasteiger partial charge in [-0.2, -0.15) is 0 Å². The molecule has 148 valence electrons. The topological polar surface area (TPSA) is 84.7 Å². The molecule has 0 radical (unpaired) electrons. The number of carbonyl (C=O) groups excluding carboxylic acids is 2. The van der Waals surface area contributed by atoms with Crippen molar-refractivity contribution in [1.29, 1.82) is 0 Å². The van der Waals surface area contributed by atoms with Crippen molar-refractivity contribution in [1.82, 2.24) is 4.90 Å². The summed E-state index contributed by atoms with van der Waals surface area (Å²) in [4.78, 5) is 27.3. The zero-order chi connectivity index (χ0) is 19.3. The van der Waals surface area contributed by atoms with Crippen LogP contribution >= 0.6 is 0 Å². The van der Waals surface area contributed by atoms with Crippen molar-refractivity contribution in [2.75, 3.05) is 32.1 Å². The first-order valence-corrected chi connectivity index (χ1v) is 10.0. The molecule has 3 N–H and O–H groups in total. The first-order chi connectivity index (χ1) is 13.1. The number of benzene rings is 1. The molecule has 6 nitrogen and oxygen atoms in total. The van der Waals surface area contributed by atoms with Gasteiger partial charge in [0, 0.05) is 44.1 Å². The molecule has 3 rings (SSSR count). The van der Waals surface area contributed by atoms with Gasteiger partial charge in [-0.15, -0.1) is 0 Å². The summed E-state index contributed by atoms with van der Waals surface area (Å²) in [7, 11) is 1.89. The molecular weight excluding hydrogens is 342 g/mol. The van der Waals surface area contributed by atoms with Crippen LogP contribution < -0.4 is 11.1 Å².